The molecule has 0 aliphatic heterocycles. The lowest BCUT2D eigenvalue weighted by molar-refractivity contribution is 0.398. The molecule has 0 aromatic carbocycles. The molecule has 0 bridgehead atoms. The Morgan fingerprint density at radius 3 is 3.06 bits per heavy atom. The van der Waals surface area contributed by atoms with Crippen LogP contribution in [-0.4, -0.2) is 21.6 Å². The van der Waals surface area contributed by atoms with Crippen molar-refractivity contribution in [3.63, 3.8) is 0 Å². The monoisotopic (exact) mass is 249 g/mol. The predicted molar refractivity (Wildman–Crippen MR) is 71.0 cm³/mol. The van der Waals surface area contributed by atoms with Gasteiger partial charge in [-0.1, -0.05) is 6.08 Å². The molecule has 90 valence electrons. The molecule has 5 heteroatoms. The average Bonchev–Trinajstić information content (AvgIpc) is 2.64. The Balaban J connectivity index is 2.63. The van der Waals surface area contributed by atoms with E-state index in [1.165, 1.54) is 0 Å². The number of hydrogen-bond donors (Lipinski definition) is 1. The first-order valence-corrected chi connectivity index (χ1v) is 5.84. The van der Waals surface area contributed by atoms with Gasteiger partial charge >= 0.3 is 0 Å². The van der Waals surface area contributed by atoms with Gasteiger partial charge in [-0.05, 0) is 31.6 Å². The molecule has 1 unspecified atom stereocenters. The van der Waals surface area contributed by atoms with Crippen LogP contribution >= 0.6 is 12.2 Å². The summed E-state index contributed by atoms with van der Waals surface area (Å²) >= 11 is 5.32. The van der Waals surface area contributed by atoms with Gasteiger partial charge in [-0.25, -0.2) is 0 Å². The molecule has 0 aliphatic carbocycles. The predicted octanol–water partition coefficient (Wildman–Crippen LogP) is 3.24. The van der Waals surface area contributed by atoms with Crippen molar-refractivity contribution in [2.45, 2.75) is 19.4 Å². The van der Waals surface area contributed by atoms with Crippen molar-refractivity contribution in [1.82, 2.24) is 14.5 Å². The lowest BCUT2D eigenvalue weighted by Crippen LogP contribution is -2.05. The van der Waals surface area contributed by atoms with Gasteiger partial charge < -0.3 is 9.72 Å². The minimum absolute atomic E-state index is 0.230. The second-order valence-corrected chi connectivity index (χ2v) is 4.29. The molecule has 0 aliphatic rings. The Hall–Kier alpha value is -1.62. The molecule has 1 N–H and O–H groups in total. The van der Waals surface area contributed by atoms with E-state index in [1.54, 1.807) is 7.11 Å². The molecule has 0 saturated carbocycles. The summed E-state index contributed by atoms with van der Waals surface area (Å²) < 4.78 is 7.80. The van der Waals surface area contributed by atoms with Crippen LogP contribution in [0.25, 0.3) is 11.2 Å². The number of allylic oxidation sites excluding steroid dienone is 1. The van der Waals surface area contributed by atoms with E-state index in [0.717, 1.165) is 17.6 Å². The Labute approximate surface area is 105 Å². The van der Waals surface area contributed by atoms with Crippen LogP contribution < -0.4 is 4.74 Å². The third-order valence-corrected chi connectivity index (χ3v) is 2.99. The Morgan fingerprint density at radius 1 is 1.65 bits per heavy atom. The Morgan fingerprint density at radius 2 is 2.41 bits per heavy atom. The summed E-state index contributed by atoms with van der Waals surface area (Å²) in [6.07, 6.45) is 2.73. The van der Waals surface area contributed by atoms with Gasteiger partial charge in [0.1, 0.15) is 0 Å². The topological polar surface area (TPSA) is 42.8 Å². The molecule has 1 atom stereocenters. The number of imidazole rings is 1. The fraction of sp³-hybridized carbons (Fsp3) is 0.333. The first-order chi connectivity index (χ1) is 8.17. The molecular weight excluding hydrogens is 234 g/mol. The highest BCUT2D eigenvalue weighted by Crippen LogP contribution is 2.21. The summed E-state index contributed by atoms with van der Waals surface area (Å²) in [5.41, 5.74) is 1.75. The molecule has 2 heterocycles. The minimum Gasteiger partial charge on any atom is -0.481 e. The molecular formula is C12H15N3OS. The first kappa shape index (κ1) is 11.9. The van der Waals surface area contributed by atoms with Gasteiger partial charge in [-0.2, -0.15) is 4.98 Å². The first-order valence-electron chi connectivity index (χ1n) is 5.43. The molecule has 0 radical (unpaired) electrons. The summed E-state index contributed by atoms with van der Waals surface area (Å²) in [6, 6.07) is 3.97. The number of aromatic amines is 1. The molecule has 0 saturated heterocycles. The van der Waals surface area contributed by atoms with Gasteiger partial charge in [0.05, 0.1) is 12.6 Å². The number of H-pyrrole nitrogens is 1. The Bertz CT molecular complexity index is 599. The van der Waals surface area contributed by atoms with E-state index < -0.39 is 0 Å². The van der Waals surface area contributed by atoms with Crippen LogP contribution in [0, 0.1) is 4.77 Å². The van der Waals surface area contributed by atoms with Gasteiger partial charge in [0.15, 0.2) is 10.4 Å². The maximum absolute atomic E-state index is 5.32. The Kier molecular flexibility index (Phi) is 3.28. The minimum atomic E-state index is 0.230. The zero-order valence-electron chi connectivity index (χ0n) is 9.93. The largest absolute Gasteiger partial charge is 0.481 e. The van der Waals surface area contributed by atoms with Crippen molar-refractivity contribution in [1.29, 1.82) is 0 Å². The van der Waals surface area contributed by atoms with E-state index in [2.05, 4.69) is 23.5 Å². The number of aromatic nitrogens is 3. The zero-order chi connectivity index (χ0) is 12.4. The van der Waals surface area contributed by atoms with Crippen molar-refractivity contribution in [2.24, 2.45) is 0 Å². The van der Waals surface area contributed by atoms with Crippen molar-refractivity contribution in [2.75, 3.05) is 7.11 Å². The molecule has 17 heavy (non-hydrogen) atoms. The number of fused-ring (bicyclic) bond motifs is 1. The summed E-state index contributed by atoms with van der Waals surface area (Å²) in [5, 5.41) is 0. The maximum atomic E-state index is 5.32. The van der Waals surface area contributed by atoms with Crippen LogP contribution in [0.3, 0.4) is 0 Å². The maximum Gasteiger partial charge on any atom is 0.215 e. The highest BCUT2D eigenvalue weighted by molar-refractivity contribution is 7.71. The van der Waals surface area contributed by atoms with Crippen LogP contribution in [0.1, 0.15) is 19.4 Å². The summed E-state index contributed by atoms with van der Waals surface area (Å²) in [4.78, 5) is 7.57. The fourth-order valence-electron chi connectivity index (χ4n) is 1.85. The van der Waals surface area contributed by atoms with E-state index in [0.29, 0.717) is 10.7 Å². The lowest BCUT2D eigenvalue weighted by Gasteiger charge is -2.11. The van der Waals surface area contributed by atoms with E-state index in [1.807, 2.05) is 22.8 Å². The van der Waals surface area contributed by atoms with Gasteiger partial charge in [-0.15, -0.1) is 6.58 Å². The highest BCUT2D eigenvalue weighted by Gasteiger charge is 2.11. The summed E-state index contributed by atoms with van der Waals surface area (Å²) in [5.74, 6) is 0.589. The highest BCUT2D eigenvalue weighted by atomic mass is 32.1. The quantitative estimate of drug-likeness (QED) is 0.668. The van der Waals surface area contributed by atoms with Crippen LogP contribution in [0.4, 0.5) is 0 Å². The van der Waals surface area contributed by atoms with Crippen LogP contribution in [0.15, 0.2) is 24.8 Å². The number of nitrogens with zero attached hydrogens (tertiary/aromatic N) is 2. The third kappa shape index (κ3) is 2.10. The van der Waals surface area contributed by atoms with Gasteiger partial charge in [0.2, 0.25) is 5.88 Å². The molecule has 0 fully saturated rings. The molecule has 2 aromatic heterocycles. The second kappa shape index (κ2) is 4.71. The number of rotatable bonds is 4. The van der Waals surface area contributed by atoms with Crippen LogP contribution in [-0.2, 0) is 0 Å². The van der Waals surface area contributed by atoms with Gasteiger partial charge in [0.25, 0.3) is 0 Å². The summed E-state index contributed by atoms with van der Waals surface area (Å²) in [7, 11) is 1.60. The standard InChI is InChI=1S/C12H15N3OS/c1-4-5-8(2)15-11-9(13-12(15)17)6-7-10(14-11)16-3/h4,6-8H,1,5H2,2-3H3,(H,13,17). The van der Waals surface area contributed by atoms with Crippen LogP contribution in [0.2, 0.25) is 0 Å². The van der Waals surface area contributed by atoms with Gasteiger partial charge in [-0.3, -0.25) is 4.57 Å². The normalized spacial score (nSPS) is 12.6. The average molecular weight is 249 g/mol. The number of nitrogens with one attached hydrogen (secondary N) is 1. The number of pyridine rings is 1. The third-order valence-electron chi connectivity index (χ3n) is 2.70. The molecule has 4 nitrogen and oxygen atoms in total. The van der Waals surface area contributed by atoms with Crippen molar-refractivity contribution in [3.05, 3.63) is 29.6 Å². The smallest absolute Gasteiger partial charge is 0.215 e. The lowest BCUT2D eigenvalue weighted by atomic mass is 10.2. The molecule has 0 spiro atoms. The molecule has 2 aromatic rings. The van der Waals surface area contributed by atoms with E-state index >= 15 is 0 Å². The number of hydrogen-bond acceptors (Lipinski definition) is 3. The fourth-order valence-corrected chi connectivity index (χ4v) is 2.23. The van der Waals surface area contributed by atoms with Gasteiger partial charge in [0, 0.05) is 12.1 Å². The van der Waals surface area contributed by atoms with E-state index in [4.69, 9.17) is 17.0 Å². The summed E-state index contributed by atoms with van der Waals surface area (Å²) in [6.45, 7) is 5.84. The number of methoxy groups -OCH3 is 1. The van der Waals surface area contributed by atoms with Crippen LogP contribution in [0.5, 0.6) is 5.88 Å². The SMILES string of the molecule is C=CCC(C)n1c(=S)[nH]c2ccc(OC)nc21. The van der Waals surface area contributed by atoms with Crippen molar-refractivity contribution in [3.8, 4) is 5.88 Å². The second-order valence-electron chi connectivity index (χ2n) is 3.90. The number of ether oxygens (including phenoxy) is 1. The van der Waals surface area contributed by atoms with Crippen molar-refractivity contribution < 1.29 is 4.74 Å². The molecule has 2 rings (SSSR count). The van der Waals surface area contributed by atoms with E-state index in [-0.39, 0.29) is 6.04 Å². The zero-order valence-corrected chi connectivity index (χ0v) is 10.8. The molecule has 0 amide bonds. The van der Waals surface area contributed by atoms with E-state index in [9.17, 15) is 0 Å². The van der Waals surface area contributed by atoms with Crippen molar-refractivity contribution >= 4 is 23.4 Å².